The molecule has 3 N–H and O–H groups in total. The second-order valence-corrected chi connectivity index (χ2v) is 6.98. The molecule has 1 aliphatic heterocycles. The Morgan fingerprint density at radius 3 is 2.84 bits per heavy atom. The van der Waals surface area contributed by atoms with E-state index in [-0.39, 0.29) is 22.9 Å². The quantitative estimate of drug-likeness (QED) is 0.699. The molecule has 2 heterocycles. The molecule has 0 spiro atoms. The first-order valence-electron chi connectivity index (χ1n) is 5.44. The van der Waals surface area contributed by atoms with E-state index in [9.17, 15) is 18.3 Å². The van der Waals surface area contributed by atoms with Gasteiger partial charge in [0.25, 0.3) is 0 Å². The summed E-state index contributed by atoms with van der Waals surface area (Å²) in [7, 11) is -3.82. The molecule has 0 aliphatic carbocycles. The fourth-order valence-corrected chi connectivity index (χ4v) is 3.85. The van der Waals surface area contributed by atoms with Gasteiger partial charge in [-0.3, -0.25) is 0 Å². The number of rotatable bonds is 5. The normalized spacial score (nSPS) is 23.6. The van der Waals surface area contributed by atoms with Crippen molar-refractivity contribution in [2.75, 3.05) is 19.8 Å². The lowest BCUT2D eigenvalue weighted by Crippen LogP contribution is -2.43. The number of carboxylic acids is 1. The molecule has 9 heteroatoms. The van der Waals surface area contributed by atoms with Crippen LogP contribution in [0, 0.1) is 0 Å². The number of carbonyl (C=O) groups is 1. The first-order chi connectivity index (χ1) is 8.82. The molecule has 0 aromatic carbocycles. The molecule has 7 nitrogen and oxygen atoms in total. The van der Waals surface area contributed by atoms with Crippen LogP contribution in [0.1, 0.15) is 16.1 Å². The average molecular weight is 307 g/mol. The number of hydrogen-bond acceptors (Lipinski definition) is 6. The zero-order chi connectivity index (χ0) is 14.1. The highest BCUT2D eigenvalue weighted by Gasteiger charge is 2.33. The Labute approximate surface area is 113 Å². The van der Waals surface area contributed by atoms with Crippen LogP contribution >= 0.6 is 11.3 Å². The number of sulfonamides is 1. The minimum atomic E-state index is -3.82. The Bertz CT molecular complexity index is 573. The smallest absolute Gasteiger partial charge is 0.345 e. The molecule has 1 atom stereocenters. The standard InChI is InChI=1S/C10H13NO6S2/c12-9(13)8-3-7(4-18-8)19(15,16)11-5-10(14)1-2-17-6-10/h3-4,11,14H,1-2,5-6H2,(H,12,13). The highest BCUT2D eigenvalue weighted by atomic mass is 32.2. The molecule has 0 amide bonds. The molecule has 0 bridgehead atoms. The number of ether oxygens (including phenoxy) is 1. The summed E-state index contributed by atoms with van der Waals surface area (Å²) in [6.07, 6.45) is 0.361. The van der Waals surface area contributed by atoms with Crippen molar-refractivity contribution >= 4 is 27.3 Å². The van der Waals surface area contributed by atoms with Crippen LogP contribution < -0.4 is 4.72 Å². The van der Waals surface area contributed by atoms with Crippen molar-refractivity contribution in [3.8, 4) is 0 Å². The highest BCUT2D eigenvalue weighted by Crippen LogP contribution is 2.21. The van der Waals surface area contributed by atoms with Crippen molar-refractivity contribution in [1.82, 2.24) is 4.72 Å². The molecule has 19 heavy (non-hydrogen) atoms. The van der Waals surface area contributed by atoms with Gasteiger partial charge in [-0.15, -0.1) is 11.3 Å². The summed E-state index contributed by atoms with van der Waals surface area (Å²) in [5.74, 6) is -1.17. The largest absolute Gasteiger partial charge is 0.477 e. The van der Waals surface area contributed by atoms with Crippen molar-refractivity contribution in [1.29, 1.82) is 0 Å². The fraction of sp³-hybridized carbons (Fsp3) is 0.500. The van der Waals surface area contributed by atoms with Crippen molar-refractivity contribution in [3.63, 3.8) is 0 Å². The van der Waals surface area contributed by atoms with Gasteiger partial charge in [-0.25, -0.2) is 17.9 Å². The Morgan fingerprint density at radius 1 is 1.58 bits per heavy atom. The molecular weight excluding hydrogens is 294 g/mol. The van der Waals surface area contributed by atoms with Crippen LogP contribution in [0.5, 0.6) is 0 Å². The Morgan fingerprint density at radius 2 is 2.32 bits per heavy atom. The number of aliphatic hydroxyl groups is 1. The molecule has 1 unspecified atom stereocenters. The first-order valence-corrected chi connectivity index (χ1v) is 7.80. The van der Waals surface area contributed by atoms with Crippen LogP contribution in [0.2, 0.25) is 0 Å². The van der Waals surface area contributed by atoms with Gasteiger partial charge in [0.05, 0.1) is 11.5 Å². The minimum Gasteiger partial charge on any atom is -0.477 e. The number of aromatic carboxylic acids is 1. The summed E-state index contributed by atoms with van der Waals surface area (Å²) in [5, 5.41) is 19.9. The van der Waals surface area contributed by atoms with E-state index < -0.39 is 21.6 Å². The number of hydrogen-bond donors (Lipinski definition) is 3. The Balaban J connectivity index is 2.07. The lowest BCUT2D eigenvalue weighted by molar-refractivity contribution is 0.0314. The first kappa shape index (κ1) is 14.4. The zero-order valence-corrected chi connectivity index (χ0v) is 11.5. The van der Waals surface area contributed by atoms with Gasteiger partial charge < -0.3 is 14.9 Å². The minimum absolute atomic E-state index is 0.0525. The summed E-state index contributed by atoms with van der Waals surface area (Å²) in [6.45, 7) is 0.312. The molecule has 1 aliphatic rings. The van der Waals surface area contributed by atoms with E-state index in [2.05, 4.69) is 4.72 Å². The maximum Gasteiger partial charge on any atom is 0.345 e. The second kappa shape index (κ2) is 5.17. The van der Waals surface area contributed by atoms with Crippen molar-refractivity contribution < 1.29 is 28.2 Å². The van der Waals surface area contributed by atoms with Gasteiger partial charge >= 0.3 is 5.97 Å². The third-order valence-corrected chi connectivity index (χ3v) is 5.22. The van der Waals surface area contributed by atoms with Crippen LogP contribution in [-0.4, -0.2) is 50.0 Å². The van der Waals surface area contributed by atoms with Crippen molar-refractivity contribution in [3.05, 3.63) is 16.3 Å². The summed E-state index contributed by atoms with van der Waals surface area (Å²) in [6, 6.07) is 1.09. The van der Waals surface area contributed by atoms with Gasteiger partial charge in [-0.05, 0) is 6.07 Å². The lowest BCUT2D eigenvalue weighted by atomic mass is 10.1. The van der Waals surface area contributed by atoms with E-state index in [1.807, 2.05) is 0 Å². The number of nitrogens with one attached hydrogen (secondary N) is 1. The van der Waals surface area contributed by atoms with E-state index in [1.54, 1.807) is 0 Å². The average Bonchev–Trinajstić information content (AvgIpc) is 2.96. The molecule has 106 valence electrons. The fourth-order valence-electron chi connectivity index (χ4n) is 1.62. The maximum atomic E-state index is 11.9. The molecule has 2 rings (SSSR count). The van der Waals surface area contributed by atoms with Gasteiger partial charge in [0.1, 0.15) is 10.5 Å². The van der Waals surface area contributed by atoms with Gasteiger partial charge in [-0.1, -0.05) is 0 Å². The topological polar surface area (TPSA) is 113 Å². The molecule has 0 saturated carbocycles. The van der Waals surface area contributed by atoms with Crippen molar-refractivity contribution in [2.45, 2.75) is 16.9 Å². The van der Waals surface area contributed by atoms with Gasteiger partial charge in [0.15, 0.2) is 0 Å². The van der Waals surface area contributed by atoms with E-state index in [4.69, 9.17) is 9.84 Å². The number of carboxylic acid groups (broad SMARTS) is 1. The number of thiophene rings is 1. The lowest BCUT2D eigenvalue weighted by Gasteiger charge is -2.20. The highest BCUT2D eigenvalue weighted by molar-refractivity contribution is 7.89. The molecule has 1 fully saturated rings. The summed E-state index contributed by atoms with van der Waals surface area (Å²) in [5.41, 5.74) is -1.20. The predicted molar refractivity (Wildman–Crippen MR) is 66.9 cm³/mol. The monoisotopic (exact) mass is 307 g/mol. The van der Waals surface area contributed by atoms with Gasteiger partial charge in [0, 0.05) is 25.0 Å². The summed E-state index contributed by atoms with van der Waals surface area (Å²) >= 11 is 0.836. The van der Waals surface area contributed by atoms with E-state index in [1.165, 1.54) is 5.38 Å². The maximum absolute atomic E-state index is 11.9. The molecule has 1 saturated heterocycles. The second-order valence-electron chi connectivity index (χ2n) is 4.30. The SMILES string of the molecule is O=C(O)c1cc(S(=O)(=O)NCC2(O)CCOC2)cs1. The third kappa shape index (κ3) is 3.31. The third-order valence-electron chi connectivity index (χ3n) is 2.77. The molecular formula is C10H13NO6S2. The van der Waals surface area contributed by atoms with Crippen LogP contribution in [0.25, 0.3) is 0 Å². The molecule has 1 aromatic rings. The van der Waals surface area contributed by atoms with Crippen LogP contribution in [0.3, 0.4) is 0 Å². The Hall–Kier alpha value is -1.00. The van der Waals surface area contributed by atoms with Crippen LogP contribution in [0.15, 0.2) is 16.3 Å². The van der Waals surface area contributed by atoms with Crippen LogP contribution in [-0.2, 0) is 14.8 Å². The van der Waals surface area contributed by atoms with E-state index >= 15 is 0 Å². The van der Waals surface area contributed by atoms with E-state index in [0.717, 1.165) is 17.4 Å². The molecule has 0 radical (unpaired) electrons. The summed E-state index contributed by atoms with van der Waals surface area (Å²) < 4.78 is 31.1. The molecule has 1 aromatic heterocycles. The predicted octanol–water partition coefficient (Wildman–Crippen LogP) is -0.124. The van der Waals surface area contributed by atoms with Crippen LogP contribution in [0.4, 0.5) is 0 Å². The summed E-state index contributed by atoms with van der Waals surface area (Å²) in [4.78, 5) is 10.5. The van der Waals surface area contributed by atoms with Crippen molar-refractivity contribution in [2.24, 2.45) is 0 Å². The van der Waals surface area contributed by atoms with Gasteiger partial charge in [-0.2, -0.15) is 0 Å². The van der Waals surface area contributed by atoms with E-state index in [0.29, 0.717) is 13.0 Å². The van der Waals surface area contributed by atoms with Gasteiger partial charge in [0.2, 0.25) is 10.0 Å². The Kier molecular flexibility index (Phi) is 3.92. The zero-order valence-electron chi connectivity index (χ0n) is 9.83.